The number of furan rings is 1. The number of aromatic carboxylic acids is 1. The Morgan fingerprint density at radius 2 is 2.06 bits per heavy atom. The minimum atomic E-state index is -3.94. The Labute approximate surface area is 105 Å². The highest BCUT2D eigenvalue weighted by Gasteiger charge is 2.30. The molecule has 1 aromatic rings. The normalized spacial score (nSPS) is 11.2. The molecule has 0 aliphatic heterocycles. The van der Waals surface area contributed by atoms with Gasteiger partial charge in [-0.1, -0.05) is 0 Å². The monoisotopic (exact) mass is 271 g/mol. The number of carboxylic acid groups (broad SMARTS) is 1. The van der Waals surface area contributed by atoms with Gasteiger partial charge in [-0.15, -0.1) is 12.3 Å². The van der Waals surface area contributed by atoms with Crippen molar-refractivity contribution in [3.8, 4) is 12.3 Å². The average molecular weight is 271 g/mol. The molecule has 98 valence electrons. The Kier molecular flexibility index (Phi) is 4.16. The summed E-state index contributed by atoms with van der Waals surface area (Å²) in [6.45, 7) is 2.84. The molecule has 0 fully saturated rings. The molecule has 0 radical (unpaired) electrons. The van der Waals surface area contributed by atoms with Gasteiger partial charge in [0, 0.05) is 13.0 Å². The van der Waals surface area contributed by atoms with Crippen LogP contribution in [0.5, 0.6) is 0 Å². The Morgan fingerprint density at radius 3 is 2.56 bits per heavy atom. The molecule has 1 rings (SSSR count). The SMILES string of the molecule is C#CCCNS(=O)(=O)c1c(C)oc(C)c1C(=O)O. The van der Waals surface area contributed by atoms with Gasteiger partial charge in [-0.2, -0.15) is 0 Å². The largest absolute Gasteiger partial charge is 0.478 e. The first-order chi connectivity index (χ1) is 8.31. The molecule has 1 aromatic heterocycles. The van der Waals surface area contributed by atoms with Gasteiger partial charge in [0.2, 0.25) is 10.0 Å². The molecule has 0 aliphatic carbocycles. The van der Waals surface area contributed by atoms with E-state index in [9.17, 15) is 13.2 Å². The van der Waals surface area contributed by atoms with Crippen LogP contribution in [-0.2, 0) is 10.0 Å². The number of aryl methyl sites for hydroxylation is 2. The molecule has 7 heteroatoms. The molecule has 0 aliphatic rings. The van der Waals surface area contributed by atoms with E-state index >= 15 is 0 Å². The molecule has 0 unspecified atom stereocenters. The number of rotatable bonds is 5. The van der Waals surface area contributed by atoms with Crippen molar-refractivity contribution in [1.82, 2.24) is 4.72 Å². The van der Waals surface area contributed by atoms with E-state index in [2.05, 4.69) is 10.6 Å². The highest BCUT2D eigenvalue weighted by atomic mass is 32.2. The van der Waals surface area contributed by atoms with Crippen LogP contribution in [-0.4, -0.2) is 26.0 Å². The van der Waals surface area contributed by atoms with E-state index < -0.39 is 16.0 Å². The van der Waals surface area contributed by atoms with Crippen LogP contribution in [0, 0.1) is 26.2 Å². The second-order valence-electron chi connectivity index (χ2n) is 3.58. The topological polar surface area (TPSA) is 96.6 Å². The fraction of sp³-hybridized carbons (Fsp3) is 0.364. The number of hydrogen-bond acceptors (Lipinski definition) is 4. The smallest absolute Gasteiger partial charge is 0.340 e. The summed E-state index contributed by atoms with van der Waals surface area (Å²) in [4.78, 5) is 10.7. The van der Waals surface area contributed by atoms with Crippen molar-refractivity contribution >= 4 is 16.0 Å². The number of carboxylic acids is 1. The van der Waals surface area contributed by atoms with Crippen LogP contribution >= 0.6 is 0 Å². The lowest BCUT2D eigenvalue weighted by Crippen LogP contribution is -2.26. The summed E-state index contributed by atoms with van der Waals surface area (Å²) in [7, 11) is -3.94. The third-order valence-electron chi connectivity index (χ3n) is 2.25. The molecule has 0 spiro atoms. The van der Waals surface area contributed by atoms with E-state index in [0.717, 1.165) is 0 Å². The van der Waals surface area contributed by atoms with E-state index in [0.29, 0.717) is 0 Å². The Bertz CT molecular complexity index is 606. The van der Waals surface area contributed by atoms with E-state index in [1.807, 2.05) is 0 Å². The molecule has 1 heterocycles. The number of hydrogen-bond donors (Lipinski definition) is 2. The summed E-state index contributed by atoms with van der Waals surface area (Å²) in [5.74, 6) is 1.03. The van der Waals surface area contributed by atoms with Crippen molar-refractivity contribution in [3.05, 3.63) is 17.1 Å². The zero-order chi connectivity index (χ0) is 13.9. The summed E-state index contributed by atoms with van der Waals surface area (Å²) >= 11 is 0. The van der Waals surface area contributed by atoms with Crippen molar-refractivity contribution in [2.24, 2.45) is 0 Å². The minimum Gasteiger partial charge on any atom is -0.478 e. The zero-order valence-electron chi connectivity index (χ0n) is 9.98. The Hall–Kier alpha value is -1.78. The van der Waals surface area contributed by atoms with Gasteiger partial charge >= 0.3 is 5.97 Å². The molecule has 0 atom stereocenters. The fourth-order valence-electron chi connectivity index (χ4n) is 1.56. The maximum Gasteiger partial charge on any atom is 0.340 e. The summed E-state index contributed by atoms with van der Waals surface area (Å²) in [5.41, 5.74) is -0.347. The summed E-state index contributed by atoms with van der Waals surface area (Å²) in [6, 6.07) is 0. The number of carbonyl (C=O) groups is 1. The summed E-state index contributed by atoms with van der Waals surface area (Å²) in [6.07, 6.45) is 5.23. The predicted octanol–water partition coefficient (Wildman–Crippen LogP) is 0.896. The number of terminal acetylenes is 1. The fourth-order valence-corrected chi connectivity index (χ4v) is 3.00. The first-order valence-electron chi connectivity index (χ1n) is 5.07. The summed E-state index contributed by atoms with van der Waals surface area (Å²) in [5, 5.41) is 9.01. The van der Waals surface area contributed by atoms with Gasteiger partial charge in [0.1, 0.15) is 22.0 Å². The van der Waals surface area contributed by atoms with E-state index in [1.165, 1.54) is 13.8 Å². The van der Waals surface area contributed by atoms with Gasteiger partial charge in [-0.25, -0.2) is 17.9 Å². The lowest BCUT2D eigenvalue weighted by Gasteiger charge is -2.05. The number of nitrogens with one attached hydrogen (secondary N) is 1. The van der Waals surface area contributed by atoms with Gasteiger partial charge in [0.05, 0.1) is 0 Å². The predicted molar refractivity (Wildman–Crippen MR) is 63.8 cm³/mol. The first kappa shape index (κ1) is 14.3. The second kappa shape index (κ2) is 5.25. The van der Waals surface area contributed by atoms with Gasteiger partial charge in [0.15, 0.2) is 0 Å². The second-order valence-corrected chi connectivity index (χ2v) is 5.28. The lowest BCUT2D eigenvalue weighted by molar-refractivity contribution is 0.0691. The first-order valence-corrected chi connectivity index (χ1v) is 6.56. The maximum atomic E-state index is 12.0. The Balaban J connectivity index is 3.25. The molecule has 0 saturated carbocycles. The van der Waals surface area contributed by atoms with Crippen LogP contribution in [0.2, 0.25) is 0 Å². The molecule has 0 saturated heterocycles. The quantitative estimate of drug-likeness (QED) is 0.612. The molecule has 0 aromatic carbocycles. The van der Waals surface area contributed by atoms with Crippen molar-refractivity contribution in [1.29, 1.82) is 0 Å². The van der Waals surface area contributed by atoms with Crippen molar-refractivity contribution in [2.75, 3.05) is 6.54 Å². The van der Waals surface area contributed by atoms with Gasteiger partial charge in [0.25, 0.3) is 0 Å². The van der Waals surface area contributed by atoms with Crippen LogP contribution in [0.15, 0.2) is 9.31 Å². The van der Waals surface area contributed by atoms with E-state index in [1.54, 1.807) is 0 Å². The van der Waals surface area contributed by atoms with Gasteiger partial charge < -0.3 is 9.52 Å². The highest BCUT2D eigenvalue weighted by Crippen LogP contribution is 2.26. The average Bonchev–Trinajstić information content (AvgIpc) is 2.54. The third kappa shape index (κ3) is 2.72. The molecular weight excluding hydrogens is 258 g/mol. The van der Waals surface area contributed by atoms with Gasteiger partial charge in [-0.05, 0) is 13.8 Å². The van der Waals surface area contributed by atoms with Crippen LogP contribution in [0.25, 0.3) is 0 Å². The van der Waals surface area contributed by atoms with Crippen molar-refractivity contribution in [2.45, 2.75) is 25.2 Å². The molecular formula is C11H13NO5S. The van der Waals surface area contributed by atoms with Crippen LogP contribution in [0.1, 0.15) is 28.3 Å². The Morgan fingerprint density at radius 1 is 1.44 bits per heavy atom. The summed E-state index contributed by atoms with van der Waals surface area (Å²) < 4.78 is 31.2. The zero-order valence-corrected chi connectivity index (χ0v) is 10.8. The third-order valence-corrected chi connectivity index (χ3v) is 3.86. The maximum absolute atomic E-state index is 12.0. The van der Waals surface area contributed by atoms with Crippen LogP contribution < -0.4 is 4.72 Å². The molecule has 0 amide bonds. The van der Waals surface area contributed by atoms with Gasteiger partial charge in [-0.3, -0.25) is 0 Å². The number of sulfonamides is 1. The van der Waals surface area contributed by atoms with E-state index in [4.69, 9.17) is 15.9 Å². The molecule has 2 N–H and O–H groups in total. The van der Waals surface area contributed by atoms with Crippen molar-refractivity contribution in [3.63, 3.8) is 0 Å². The highest BCUT2D eigenvalue weighted by molar-refractivity contribution is 7.89. The lowest BCUT2D eigenvalue weighted by atomic mass is 10.2. The van der Waals surface area contributed by atoms with Crippen LogP contribution in [0.3, 0.4) is 0 Å². The molecule has 0 bridgehead atoms. The standard InChI is InChI=1S/C11H13NO5S/c1-4-5-6-12-18(15,16)10-8(3)17-7(2)9(10)11(13)14/h1,12H,5-6H2,2-3H3,(H,13,14). The molecule has 18 heavy (non-hydrogen) atoms. The van der Waals surface area contributed by atoms with Crippen LogP contribution in [0.4, 0.5) is 0 Å². The minimum absolute atomic E-state index is 0.0399. The molecule has 6 nitrogen and oxygen atoms in total. The van der Waals surface area contributed by atoms with Crippen molar-refractivity contribution < 1.29 is 22.7 Å². The van der Waals surface area contributed by atoms with E-state index in [-0.39, 0.29) is 34.9 Å².